The van der Waals surface area contributed by atoms with Gasteiger partial charge in [0.15, 0.2) is 0 Å². The van der Waals surface area contributed by atoms with Gasteiger partial charge in [-0.25, -0.2) is 10.5 Å². The van der Waals surface area contributed by atoms with E-state index in [-0.39, 0.29) is 12.5 Å². The van der Waals surface area contributed by atoms with Crippen LogP contribution < -0.4 is 10.2 Å². The highest BCUT2D eigenvalue weighted by Gasteiger charge is 2.07. The summed E-state index contributed by atoms with van der Waals surface area (Å²) < 4.78 is 5.48. The SMILES string of the molecule is O=C(CCc1csc(-c2ccccc2)n1)NOCCOc1ccccc1. The second kappa shape index (κ2) is 9.70. The van der Waals surface area contributed by atoms with Crippen LogP contribution in [0.1, 0.15) is 12.1 Å². The van der Waals surface area contributed by atoms with E-state index in [1.807, 2.05) is 66.0 Å². The van der Waals surface area contributed by atoms with Crippen LogP contribution in [0, 0.1) is 0 Å². The third-order valence-electron chi connectivity index (χ3n) is 3.56. The van der Waals surface area contributed by atoms with Gasteiger partial charge in [-0.2, -0.15) is 0 Å². The smallest absolute Gasteiger partial charge is 0.243 e. The number of benzene rings is 2. The molecule has 1 amide bonds. The van der Waals surface area contributed by atoms with Crippen molar-refractivity contribution in [2.45, 2.75) is 12.8 Å². The largest absolute Gasteiger partial charge is 0.491 e. The van der Waals surface area contributed by atoms with Crippen molar-refractivity contribution < 1.29 is 14.4 Å². The Morgan fingerprint density at radius 1 is 1.00 bits per heavy atom. The van der Waals surface area contributed by atoms with Gasteiger partial charge in [-0.1, -0.05) is 48.5 Å². The quantitative estimate of drug-likeness (QED) is 0.460. The molecule has 0 bridgehead atoms. The summed E-state index contributed by atoms with van der Waals surface area (Å²) in [6, 6.07) is 19.5. The highest BCUT2D eigenvalue weighted by molar-refractivity contribution is 7.13. The molecule has 1 aromatic heterocycles. The third-order valence-corrected chi connectivity index (χ3v) is 4.50. The van der Waals surface area contributed by atoms with E-state index in [4.69, 9.17) is 9.57 Å². The first-order valence-electron chi connectivity index (χ1n) is 8.39. The molecule has 0 aliphatic rings. The van der Waals surface area contributed by atoms with Crippen molar-refractivity contribution in [1.82, 2.24) is 10.5 Å². The maximum Gasteiger partial charge on any atom is 0.243 e. The van der Waals surface area contributed by atoms with E-state index in [0.29, 0.717) is 19.4 Å². The normalized spacial score (nSPS) is 10.5. The maximum absolute atomic E-state index is 11.8. The monoisotopic (exact) mass is 368 g/mol. The van der Waals surface area contributed by atoms with Gasteiger partial charge in [-0.3, -0.25) is 9.63 Å². The lowest BCUT2D eigenvalue weighted by atomic mass is 10.2. The molecular weight excluding hydrogens is 348 g/mol. The molecule has 3 aromatic rings. The molecule has 0 aliphatic carbocycles. The van der Waals surface area contributed by atoms with E-state index in [2.05, 4.69) is 10.5 Å². The van der Waals surface area contributed by atoms with Gasteiger partial charge in [0.2, 0.25) is 5.91 Å². The number of para-hydroxylation sites is 1. The zero-order chi connectivity index (χ0) is 18.0. The first-order valence-corrected chi connectivity index (χ1v) is 9.27. The van der Waals surface area contributed by atoms with Crippen molar-refractivity contribution in [2.24, 2.45) is 0 Å². The highest BCUT2D eigenvalue weighted by Crippen LogP contribution is 2.23. The van der Waals surface area contributed by atoms with Crippen LogP contribution >= 0.6 is 11.3 Å². The van der Waals surface area contributed by atoms with Crippen molar-refractivity contribution in [2.75, 3.05) is 13.2 Å². The Morgan fingerprint density at radius 3 is 2.50 bits per heavy atom. The third kappa shape index (κ3) is 5.68. The van der Waals surface area contributed by atoms with Crippen LogP contribution in [-0.2, 0) is 16.1 Å². The Balaban J connectivity index is 1.32. The van der Waals surface area contributed by atoms with Crippen LogP contribution in [0.25, 0.3) is 10.6 Å². The molecule has 0 atom stereocenters. The minimum Gasteiger partial charge on any atom is -0.491 e. The highest BCUT2D eigenvalue weighted by atomic mass is 32.1. The van der Waals surface area contributed by atoms with E-state index in [0.717, 1.165) is 22.0 Å². The molecule has 26 heavy (non-hydrogen) atoms. The molecule has 0 saturated carbocycles. The molecule has 3 rings (SSSR count). The summed E-state index contributed by atoms with van der Waals surface area (Å²) >= 11 is 1.59. The molecule has 6 heteroatoms. The molecule has 0 spiro atoms. The number of amides is 1. The zero-order valence-corrected chi connectivity index (χ0v) is 15.1. The number of hydrogen-bond donors (Lipinski definition) is 1. The van der Waals surface area contributed by atoms with Crippen LogP contribution in [-0.4, -0.2) is 24.1 Å². The van der Waals surface area contributed by atoms with Crippen molar-refractivity contribution in [3.05, 3.63) is 71.7 Å². The van der Waals surface area contributed by atoms with Gasteiger partial charge in [0, 0.05) is 17.4 Å². The Hall–Kier alpha value is -2.70. The van der Waals surface area contributed by atoms with Gasteiger partial charge in [0.1, 0.15) is 24.0 Å². The first kappa shape index (κ1) is 18.1. The fourth-order valence-electron chi connectivity index (χ4n) is 2.28. The Labute approximate surface area is 156 Å². The van der Waals surface area contributed by atoms with E-state index >= 15 is 0 Å². The van der Waals surface area contributed by atoms with Crippen LogP contribution in [0.4, 0.5) is 0 Å². The van der Waals surface area contributed by atoms with Crippen molar-refractivity contribution in [3.8, 4) is 16.3 Å². The average molecular weight is 368 g/mol. The summed E-state index contributed by atoms with van der Waals surface area (Å²) in [6.45, 7) is 0.659. The van der Waals surface area contributed by atoms with Crippen LogP contribution in [0.3, 0.4) is 0 Å². The van der Waals surface area contributed by atoms with Crippen LogP contribution in [0.15, 0.2) is 66.0 Å². The van der Waals surface area contributed by atoms with Crippen molar-refractivity contribution in [1.29, 1.82) is 0 Å². The van der Waals surface area contributed by atoms with Crippen LogP contribution in [0.2, 0.25) is 0 Å². The fraction of sp³-hybridized carbons (Fsp3) is 0.200. The standard InChI is InChI=1S/C20H20N2O3S/c23-19(22-25-14-13-24-18-9-5-2-6-10-18)12-11-17-15-26-20(21-17)16-7-3-1-4-8-16/h1-10,15H,11-14H2,(H,22,23). The van der Waals surface area contributed by atoms with Gasteiger partial charge in [-0.05, 0) is 18.6 Å². The molecule has 1 heterocycles. The lowest BCUT2D eigenvalue weighted by Crippen LogP contribution is -2.26. The van der Waals surface area contributed by atoms with Crippen molar-refractivity contribution >= 4 is 17.2 Å². The molecule has 134 valence electrons. The molecule has 0 aliphatic heterocycles. The number of thiazole rings is 1. The van der Waals surface area contributed by atoms with Gasteiger partial charge < -0.3 is 4.74 Å². The number of nitrogens with one attached hydrogen (secondary N) is 1. The minimum atomic E-state index is -0.168. The van der Waals surface area contributed by atoms with E-state index < -0.39 is 0 Å². The number of carbonyl (C=O) groups is 1. The van der Waals surface area contributed by atoms with Gasteiger partial charge in [0.25, 0.3) is 0 Å². The minimum absolute atomic E-state index is 0.168. The van der Waals surface area contributed by atoms with Crippen LogP contribution in [0.5, 0.6) is 5.75 Å². The molecule has 1 N–H and O–H groups in total. The maximum atomic E-state index is 11.8. The Morgan fingerprint density at radius 2 is 1.73 bits per heavy atom. The molecule has 2 aromatic carbocycles. The molecule has 0 fully saturated rings. The molecule has 0 saturated heterocycles. The lowest BCUT2D eigenvalue weighted by Gasteiger charge is -2.07. The summed E-state index contributed by atoms with van der Waals surface area (Å²) in [6.07, 6.45) is 0.913. The number of ether oxygens (including phenoxy) is 1. The summed E-state index contributed by atoms with van der Waals surface area (Å²) in [5.74, 6) is 0.610. The van der Waals surface area contributed by atoms with E-state index in [1.165, 1.54) is 0 Å². The summed E-state index contributed by atoms with van der Waals surface area (Å²) in [5.41, 5.74) is 4.44. The first-order chi connectivity index (χ1) is 12.8. The zero-order valence-electron chi connectivity index (χ0n) is 14.3. The second-order valence-electron chi connectivity index (χ2n) is 5.55. The summed E-state index contributed by atoms with van der Waals surface area (Å²) in [5, 5.41) is 2.96. The number of aromatic nitrogens is 1. The molecule has 0 radical (unpaired) electrons. The number of aryl methyl sites for hydroxylation is 1. The number of hydroxylamine groups is 1. The topological polar surface area (TPSA) is 60.5 Å². The summed E-state index contributed by atoms with van der Waals surface area (Å²) in [4.78, 5) is 21.5. The van der Waals surface area contributed by atoms with Gasteiger partial charge in [-0.15, -0.1) is 11.3 Å². The van der Waals surface area contributed by atoms with Gasteiger partial charge in [0.05, 0.1) is 5.69 Å². The molecular formula is C20H20N2O3S. The number of nitrogens with zero attached hydrogens (tertiary/aromatic N) is 1. The molecule has 5 nitrogen and oxygen atoms in total. The number of hydrogen-bond acceptors (Lipinski definition) is 5. The Bertz CT molecular complexity index is 806. The fourth-order valence-corrected chi connectivity index (χ4v) is 3.14. The number of rotatable bonds is 9. The molecule has 0 unspecified atom stereocenters. The Kier molecular flexibility index (Phi) is 6.75. The van der Waals surface area contributed by atoms with Crippen molar-refractivity contribution in [3.63, 3.8) is 0 Å². The predicted molar refractivity (Wildman–Crippen MR) is 102 cm³/mol. The second-order valence-corrected chi connectivity index (χ2v) is 6.40. The summed E-state index contributed by atoms with van der Waals surface area (Å²) in [7, 11) is 0. The predicted octanol–water partition coefficient (Wildman–Crippen LogP) is 3.87. The average Bonchev–Trinajstić information content (AvgIpc) is 3.17. The van der Waals surface area contributed by atoms with E-state index in [1.54, 1.807) is 11.3 Å². The van der Waals surface area contributed by atoms with Gasteiger partial charge >= 0.3 is 0 Å². The lowest BCUT2D eigenvalue weighted by molar-refractivity contribution is -0.134. The number of carbonyl (C=O) groups excluding carboxylic acids is 1. The van der Waals surface area contributed by atoms with E-state index in [9.17, 15) is 4.79 Å².